The van der Waals surface area contributed by atoms with E-state index in [-0.39, 0.29) is 23.6 Å². The molecule has 1 aliphatic carbocycles. The summed E-state index contributed by atoms with van der Waals surface area (Å²) < 4.78 is 0. The molecule has 0 atom stereocenters. The van der Waals surface area contributed by atoms with Crippen LogP contribution in [0.4, 0.5) is 22.7 Å². The minimum Gasteiger partial charge on any atom is -0.384 e. The highest BCUT2D eigenvalue weighted by Crippen LogP contribution is 2.34. The van der Waals surface area contributed by atoms with E-state index in [0.717, 1.165) is 139 Å². The van der Waals surface area contributed by atoms with Gasteiger partial charge in [0.2, 0.25) is 0 Å². The van der Waals surface area contributed by atoms with Gasteiger partial charge in [-0.2, -0.15) is 0 Å². The van der Waals surface area contributed by atoms with Crippen molar-refractivity contribution >= 4 is 116 Å². The number of rotatable bonds is 19. The number of hydrogen-bond donors (Lipinski definition) is 8. The zero-order chi connectivity index (χ0) is 83.6. The van der Waals surface area contributed by atoms with E-state index in [4.69, 9.17) is 68.7 Å². The molecule has 15 rings (SSSR count). The molecule has 2 aliphatic heterocycles. The first-order valence-electron chi connectivity index (χ1n) is 39.3. The maximum Gasteiger partial charge on any atom is 0.255 e. The molecule has 3 aliphatic rings. The molecular weight excluding hydrogens is 1570 g/mol. The van der Waals surface area contributed by atoms with Gasteiger partial charge in [0.25, 0.3) is 23.6 Å². The molecule has 8 aromatic carbocycles. The van der Waals surface area contributed by atoms with Crippen LogP contribution in [-0.4, -0.2) is 141 Å². The first-order chi connectivity index (χ1) is 57.8. The number of likely N-dealkylation sites (N-methyl/N-ethyl adjacent to an activating group) is 1. The number of aliphatic imine (C=N–C) groups is 2. The van der Waals surface area contributed by atoms with Crippen LogP contribution in [0.2, 0.25) is 20.1 Å². The second-order valence-corrected chi connectivity index (χ2v) is 30.1. The fraction of sp³-hybridized carbons (Fsp3) is 0.191. The highest BCUT2D eigenvalue weighted by Gasteiger charge is 2.22. The lowest BCUT2D eigenvalue weighted by Crippen LogP contribution is -2.47. The Morgan fingerprint density at radius 2 is 0.672 bits per heavy atom. The van der Waals surface area contributed by atoms with Crippen LogP contribution in [0.15, 0.2) is 277 Å². The van der Waals surface area contributed by atoms with Crippen molar-refractivity contribution < 1.29 is 19.2 Å². The molecule has 12 aromatic rings. The van der Waals surface area contributed by atoms with Crippen LogP contribution in [0.1, 0.15) is 122 Å². The summed E-state index contributed by atoms with van der Waals surface area (Å²) in [6.07, 6.45) is 15.9. The molecule has 0 radical (unpaired) electrons. The van der Waals surface area contributed by atoms with Gasteiger partial charge in [0, 0.05) is 160 Å². The van der Waals surface area contributed by atoms with E-state index in [2.05, 4.69) is 72.9 Å². The first kappa shape index (κ1) is 85.6. The van der Waals surface area contributed by atoms with Crippen molar-refractivity contribution in [3.8, 4) is 45.0 Å². The molecule has 4 amide bonds. The molecule has 0 spiro atoms. The van der Waals surface area contributed by atoms with Crippen molar-refractivity contribution in [2.75, 3.05) is 74.1 Å². The summed E-state index contributed by atoms with van der Waals surface area (Å²) >= 11 is 25.2. The number of carbonyl (C=O) groups is 4. The lowest BCUT2D eigenvalue weighted by atomic mass is 9.96. The first-order valence-corrected chi connectivity index (χ1v) is 40.8. The molecule has 1 saturated carbocycles. The molecule has 0 unspecified atom stereocenters. The molecule has 0 bridgehead atoms. The predicted molar refractivity (Wildman–Crippen MR) is 483 cm³/mol. The van der Waals surface area contributed by atoms with Gasteiger partial charge >= 0.3 is 0 Å². The van der Waals surface area contributed by atoms with Gasteiger partial charge < -0.3 is 47.4 Å². The average molecular weight is 1660 g/mol. The van der Waals surface area contributed by atoms with E-state index in [1.165, 1.54) is 19.3 Å². The van der Waals surface area contributed by atoms with Crippen LogP contribution in [0.25, 0.3) is 45.0 Å². The molecule has 2 saturated heterocycles. The van der Waals surface area contributed by atoms with E-state index in [1.807, 2.05) is 140 Å². The van der Waals surface area contributed by atoms with Crippen molar-refractivity contribution in [2.24, 2.45) is 21.5 Å². The third-order valence-electron chi connectivity index (χ3n) is 20.0. The smallest absolute Gasteiger partial charge is 0.255 e. The van der Waals surface area contributed by atoms with Crippen LogP contribution in [0, 0.1) is 10.8 Å². The Labute approximate surface area is 713 Å². The number of carbonyl (C=O) groups excluding carboxylic acids is 4. The number of aromatic nitrogens is 4. The maximum atomic E-state index is 12.7. The van der Waals surface area contributed by atoms with Gasteiger partial charge in [0.05, 0.1) is 48.9 Å². The number of piperazine rings is 1. The minimum atomic E-state index is -0.218. The van der Waals surface area contributed by atoms with Crippen molar-refractivity contribution in [3.63, 3.8) is 0 Å². The predicted octanol–water partition coefficient (Wildman–Crippen LogP) is 19.8. The number of halogens is 4. The van der Waals surface area contributed by atoms with Crippen molar-refractivity contribution in [2.45, 2.75) is 64.3 Å². The van der Waals surface area contributed by atoms with Crippen LogP contribution >= 0.6 is 46.4 Å². The number of likely N-dealkylation sites (tertiary alicyclic amines) is 1. The lowest BCUT2D eigenvalue weighted by molar-refractivity contribution is 0.101. The molecule has 119 heavy (non-hydrogen) atoms. The Kier molecular flexibility index (Phi) is 30.5. The number of hydrogen-bond acceptors (Lipinski definition) is 13. The Morgan fingerprint density at radius 3 is 0.975 bits per heavy atom. The molecule has 21 nitrogen and oxygen atoms in total. The topological polar surface area (TPSA) is 302 Å². The minimum absolute atomic E-state index is 0.205. The summed E-state index contributed by atoms with van der Waals surface area (Å²) in [7, 11) is 2.09. The van der Waals surface area contributed by atoms with Gasteiger partial charge in [0.1, 0.15) is 23.3 Å². The molecular formula is C94H91Cl4N17O4. The average Bonchev–Trinajstić information content (AvgIpc) is 0.986. The van der Waals surface area contributed by atoms with E-state index >= 15 is 0 Å². The van der Waals surface area contributed by atoms with E-state index in [0.29, 0.717) is 101 Å². The van der Waals surface area contributed by atoms with E-state index in [1.54, 1.807) is 134 Å². The monoisotopic (exact) mass is 1660 g/mol. The van der Waals surface area contributed by atoms with Crippen LogP contribution in [0.5, 0.6) is 0 Å². The highest BCUT2D eigenvalue weighted by molar-refractivity contribution is 6.35. The Morgan fingerprint density at radius 1 is 0.378 bits per heavy atom. The Bertz CT molecular complexity index is 5540. The third kappa shape index (κ3) is 24.0. The highest BCUT2D eigenvalue weighted by atomic mass is 35.5. The maximum absolute atomic E-state index is 12.7. The van der Waals surface area contributed by atoms with Gasteiger partial charge in [-0.1, -0.05) is 145 Å². The second-order valence-electron chi connectivity index (χ2n) is 28.5. The van der Waals surface area contributed by atoms with Gasteiger partial charge in [0.15, 0.2) is 0 Å². The fourth-order valence-electron chi connectivity index (χ4n) is 13.4. The largest absolute Gasteiger partial charge is 0.384 e. The molecule has 6 heterocycles. The summed E-state index contributed by atoms with van der Waals surface area (Å²) in [4.78, 5) is 83.4. The number of benzene rings is 8. The lowest BCUT2D eigenvalue weighted by Gasteiger charge is -2.34. The van der Waals surface area contributed by atoms with Gasteiger partial charge in [-0.3, -0.25) is 59.9 Å². The number of pyridine rings is 4. The number of nitrogens with two attached hydrogens (primary N) is 2. The second kappa shape index (κ2) is 42.4. The normalized spacial score (nSPS) is 13.5. The fourth-order valence-corrected chi connectivity index (χ4v) is 14.2. The van der Waals surface area contributed by atoms with Crippen molar-refractivity contribution in [1.29, 1.82) is 10.8 Å². The Hall–Kier alpha value is -12.8. The number of nitrogens with one attached hydrogen (secondary N) is 6. The number of anilines is 4. The van der Waals surface area contributed by atoms with Gasteiger partial charge in [-0.05, 0) is 209 Å². The zero-order valence-electron chi connectivity index (χ0n) is 65.9. The van der Waals surface area contributed by atoms with E-state index in [9.17, 15) is 19.2 Å². The van der Waals surface area contributed by atoms with Gasteiger partial charge in [-0.15, -0.1) is 0 Å². The number of amidine groups is 4. The summed E-state index contributed by atoms with van der Waals surface area (Å²) in [5.41, 5.74) is 26.2. The van der Waals surface area contributed by atoms with E-state index < -0.39 is 0 Å². The molecule has 10 N–H and O–H groups in total. The summed E-state index contributed by atoms with van der Waals surface area (Å²) in [5, 5.41) is 30.7. The molecule has 4 aromatic heterocycles. The summed E-state index contributed by atoms with van der Waals surface area (Å²) in [5.74, 6) is 1.19. The quantitative estimate of drug-likeness (QED) is 0.0276. The number of nitrogens with zero attached hydrogens (tertiary/aromatic N) is 9. The Balaban J connectivity index is 0.000000146. The van der Waals surface area contributed by atoms with Crippen molar-refractivity contribution in [1.82, 2.24) is 34.6 Å². The van der Waals surface area contributed by atoms with Gasteiger partial charge in [-0.25, -0.2) is 0 Å². The standard InChI is InChI=1S/C25H25ClN4O.C24H24ClN5O.C23H21ClN4O.C22H21ClN4O/c26-22-14-13-20(16-21(22)23-8-4-5-15-28-23)30-25(31)18-11-9-17(10-12-18)24(27)29-19-6-2-1-3-7-19;1-29-12-14-30(15-13-29)23(26)17-5-7-18(8-6-17)24(31)28-19-9-10-21(25)20(16-19)22-4-2-3-11-27-22;24-20-11-10-18(15-19(20)21-5-1-2-12-26-21)27-23(29)17-8-6-16(7-9-17)22(25)28-13-3-4-14-28;1-2-12-26-21(24)15-6-8-16(9-7-15)22(28)27-17-10-11-19(23)18(14-17)20-5-3-4-13-25-20/h4-5,8-16,19H,1-3,6-7H2,(H2,27,29)(H,30,31);2-11,16,26H,12-15H2,1H3,(H,28,31);1-2,5-12,15,25H,3-4,13-14H2,(H,27,29);3-11,13-14H,2,12H2,1H3,(H2,24,26)(H,27,28). The van der Waals surface area contributed by atoms with Crippen LogP contribution in [-0.2, 0) is 0 Å². The van der Waals surface area contributed by atoms with Crippen LogP contribution in [0.3, 0.4) is 0 Å². The zero-order valence-corrected chi connectivity index (χ0v) is 68.9. The summed E-state index contributed by atoms with van der Waals surface area (Å²) in [6.45, 7) is 8.16. The number of amides is 4. The molecule has 604 valence electrons. The molecule has 25 heteroatoms. The SMILES string of the molecule is CCCN=C(N)c1ccc(C(=O)Nc2ccc(Cl)c(-c3ccccn3)c2)cc1.CN1CCN(C(=N)c2ccc(C(=O)Nc3ccc(Cl)c(-c4ccccn4)c3)cc2)CC1.N=C(c1ccc(C(=O)Nc2ccc(Cl)c(-c3ccccn3)c2)cc1)N1CCCC1.NC(=NC1CCCCC1)c1ccc(C(=O)Nc2ccc(Cl)c(-c3ccccn3)c2)cc1. The third-order valence-corrected chi connectivity index (χ3v) is 21.3. The molecule has 3 fully saturated rings. The van der Waals surface area contributed by atoms with Crippen molar-refractivity contribution in [3.05, 3.63) is 332 Å². The summed E-state index contributed by atoms with van der Waals surface area (Å²) in [6, 6.07) is 72.7. The van der Waals surface area contributed by atoms with Crippen LogP contribution < -0.4 is 32.7 Å².